The molecule has 5 aromatic rings. The van der Waals surface area contributed by atoms with Crippen LogP contribution in [0.3, 0.4) is 0 Å². The van der Waals surface area contributed by atoms with Gasteiger partial charge < -0.3 is 5.32 Å². The first-order valence-corrected chi connectivity index (χ1v) is 12.2. The molecule has 0 aliphatic carbocycles. The fourth-order valence-electron chi connectivity index (χ4n) is 4.20. The van der Waals surface area contributed by atoms with Gasteiger partial charge in [0.2, 0.25) is 5.95 Å². The molecule has 3 heterocycles. The van der Waals surface area contributed by atoms with E-state index in [0.29, 0.717) is 27.5 Å². The van der Waals surface area contributed by atoms with E-state index in [1.54, 1.807) is 19.2 Å². The average molecular weight is 539 g/mol. The van der Waals surface area contributed by atoms with Crippen molar-refractivity contribution in [2.24, 2.45) is 0 Å². The van der Waals surface area contributed by atoms with Crippen LogP contribution in [0.4, 0.5) is 19.1 Å². The summed E-state index contributed by atoms with van der Waals surface area (Å²) in [5.74, 6) is 0.265. The normalized spacial score (nSPS) is 11.7. The molecule has 2 aromatic carbocycles. The van der Waals surface area contributed by atoms with Crippen LogP contribution in [0.1, 0.15) is 23.7 Å². The van der Waals surface area contributed by atoms with Crippen molar-refractivity contribution in [2.45, 2.75) is 26.1 Å². The number of aromatic nitrogens is 5. The van der Waals surface area contributed by atoms with Crippen molar-refractivity contribution in [3.63, 3.8) is 0 Å². The fraction of sp³-hybridized carbons (Fsp3) is 0.185. The van der Waals surface area contributed by atoms with Crippen molar-refractivity contribution in [3.05, 3.63) is 99.2 Å². The number of benzene rings is 2. The van der Waals surface area contributed by atoms with Crippen molar-refractivity contribution in [3.8, 4) is 22.4 Å². The second kappa shape index (κ2) is 9.94. The van der Waals surface area contributed by atoms with E-state index in [1.165, 1.54) is 15.1 Å². The van der Waals surface area contributed by atoms with Gasteiger partial charge in [0.05, 0.1) is 17.8 Å². The van der Waals surface area contributed by atoms with Crippen molar-refractivity contribution < 1.29 is 13.2 Å². The molecule has 7 nitrogen and oxygen atoms in total. The lowest BCUT2D eigenvalue weighted by Gasteiger charge is -2.14. The third-order valence-electron chi connectivity index (χ3n) is 6.17. The molecule has 0 fully saturated rings. The van der Waals surface area contributed by atoms with Gasteiger partial charge in [0.15, 0.2) is 5.65 Å². The number of aryl methyl sites for hydroxylation is 1. The first kappa shape index (κ1) is 25.5. The van der Waals surface area contributed by atoms with Crippen molar-refractivity contribution in [1.82, 2.24) is 24.1 Å². The highest BCUT2D eigenvalue weighted by molar-refractivity contribution is 6.30. The molecule has 194 valence electrons. The summed E-state index contributed by atoms with van der Waals surface area (Å²) in [5.41, 5.74) is 3.21. The quantitative estimate of drug-likeness (QED) is 0.289. The van der Waals surface area contributed by atoms with E-state index in [0.717, 1.165) is 35.4 Å². The zero-order chi connectivity index (χ0) is 27.0. The SMILES string of the molecule is CCc1ccc(-c2c(-c3ccc(Cl)cc3)nc(NC)n3c(=O)n(Cc4ccc(C(F)(F)F)nc4)nc23)cc1. The summed E-state index contributed by atoms with van der Waals surface area (Å²) >= 11 is 6.12. The van der Waals surface area contributed by atoms with Crippen LogP contribution in [-0.4, -0.2) is 31.2 Å². The van der Waals surface area contributed by atoms with Crippen molar-refractivity contribution in [1.29, 1.82) is 0 Å². The summed E-state index contributed by atoms with van der Waals surface area (Å²) in [6, 6.07) is 17.3. The molecule has 0 atom stereocenters. The summed E-state index contributed by atoms with van der Waals surface area (Å²) in [6.07, 6.45) is -2.59. The summed E-state index contributed by atoms with van der Waals surface area (Å²) in [4.78, 5) is 21.8. The maximum atomic E-state index is 13.5. The predicted molar refractivity (Wildman–Crippen MR) is 140 cm³/mol. The molecule has 11 heteroatoms. The van der Waals surface area contributed by atoms with Gasteiger partial charge >= 0.3 is 11.9 Å². The fourth-order valence-corrected chi connectivity index (χ4v) is 4.32. The highest BCUT2D eigenvalue weighted by Gasteiger charge is 2.32. The van der Waals surface area contributed by atoms with E-state index < -0.39 is 17.6 Å². The van der Waals surface area contributed by atoms with Gasteiger partial charge in [0, 0.05) is 23.8 Å². The Balaban J connectivity index is 1.72. The van der Waals surface area contributed by atoms with Crippen LogP contribution in [0.15, 0.2) is 71.7 Å². The molecule has 0 radical (unpaired) electrons. The highest BCUT2D eigenvalue weighted by atomic mass is 35.5. The van der Waals surface area contributed by atoms with E-state index >= 15 is 0 Å². The standard InChI is InChI=1S/C27H22ClF3N6O/c1-3-16-4-7-18(8-5-16)22-23(19-9-11-20(28)12-10-19)34-25(32-2)37-24(22)35-36(26(37)38)15-17-6-13-21(33-14-17)27(29,30)31/h4-14H,3,15H2,1-2H3,(H,32,34). The number of halogens is 4. The van der Waals surface area contributed by atoms with Gasteiger partial charge in [-0.25, -0.2) is 18.9 Å². The summed E-state index contributed by atoms with van der Waals surface area (Å²) in [5, 5.41) is 8.16. The van der Waals surface area contributed by atoms with Crippen LogP contribution >= 0.6 is 11.6 Å². The van der Waals surface area contributed by atoms with Crippen LogP contribution in [0.2, 0.25) is 5.02 Å². The van der Waals surface area contributed by atoms with E-state index in [-0.39, 0.29) is 12.5 Å². The van der Waals surface area contributed by atoms with Gasteiger partial charge in [-0.15, -0.1) is 5.10 Å². The maximum absolute atomic E-state index is 13.5. The number of anilines is 1. The maximum Gasteiger partial charge on any atom is 0.433 e. The highest BCUT2D eigenvalue weighted by Crippen LogP contribution is 2.35. The summed E-state index contributed by atoms with van der Waals surface area (Å²) in [7, 11) is 1.65. The Kier molecular flexibility index (Phi) is 6.66. The largest absolute Gasteiger partial charge is 0.433 e. The number of rotatable bonds is 6. The molecule has 0 aliphatic heterocycles. The Hall–Kier alpha value is -4.18. The number of hydrogen-bond acceptors (Lipinski definition) is 5. The minimum Gasteiger partial charge on any atom is -0.358 e. The lowest BCUT2D eigenvalue weighted by atomic mass is 9.98. The summed E-state index contributed by atoms with van der Waals surface area (Å²) in [6.45, 7) is 1.99. The van der Waals surface area contributed by atoms with E-state index in [9.17, 15) is 18.0 Å². The van der Waals surface area contributed by atoms with Gasteiger partial charge in [-0.1, -0.05) is 61.0 Å². The van der Waals surface area contributed by atoms with Gasteiger partial charge in [0.25, 0.3) is 0 Å². The lowest BCUT2D eigenvalue weighted by molar-refractivity contribution is -0.141. The Morgan fingerprint density at radius 1 is 0.947 bits per heavy atom. The first-order chi connectivity index (χ1) is 18.2. The third kappa shape index (κ3) is 4.74. The van der Waals surface area contributed by atoms with Gasteiger partial charge in [0.1, 0.15) is 5.69 Å². The second-order valence-electron chi connectivity index (χ2n) is 8.62. The Morgan fingerprint density at radius 2 is 1.61 bits per heavy atom. The zero-order valence-electron chi connectivity index (χ0n) is 20.4. The van der Waals surface area contributed by atoms with E-state index in [2.05, 4.69) is 22.3 Å². The minimum atomic E-state index is -4.55. The number of alkyl halides is 3. The molecule has 0 aliphatic rings. The number of hydrogen-bond donors (Lipinski definition) is 1. The Labute approximate surface area is 220 Å². The average Bonchev–Trinajstić information content (AvgIpc) is 3.23. The van der Waals surface area contributed by atoms with Crippen LogP contribution < -0.4 is 11.0 Å². The van der Waals surface area contributed by atoms with Crippen LogP contribution in [0.5, 0.6) is 0 Å². The number of fused-ring (bicyclic) bond motifs is 1. The molecule has 1 N–H and O–H groups in total. The molecule has 0 saturated carbocycles. The molecule has 3 aromatic heterocycles. The molecule has 0 amide bonds. The van der Waals surface area contributed by atoms with E-state index in [4.69, 9.17) is 16.6 Å². The predicted octanol–water partition coefficient (Wildman–Crippen LogP) is 5.94. The Bertz CT molecular complexity index is 1660. The minimum absolute atomic E-state index is 0.0701. The smallest absolute Gasteiger partial charge is 0.358 e. The first-order valence-electron chi connectivity index (χ1n) is 11.8. The number of pyridine rings is 1. The van der Waals surface area contributed by atoms with E-state index in [1.807, 2.05) is 36.4 Å². The summed E-state index contributed by atoms with van der Waals surface area (Å²) < 4.78 is 41.3. The van der Waals surface area contributed by atoms with Crippen LogP contribution in [0.25, 0.3) is 28.0 Å². The molecule has 0 unspecified atom stereocenters. The van der Waals surface area contributed by atoms with Crippen molar-refractivity contribution >= 4 is 23.2 Å². The third-order valence-corrected chi connectivity index (χ3v) is 6.42. The van der Waals surface area contributed by atoms with Crippen molar-refractivity contribution in [2.75, 3.05) is 12.4 Å². The molecule has 0 saturated heterocycles. The lowest BCUT2D eigenvalue weighted by Crippen LogP contribution is -2.23. The molecular formula is C27H22ClF3N6O. The monoisotopic (exact) mass is 538 g/mol. The van der Waals surface area contributed by atoms with Crippen LogP contribution in [0, 0.1) is 0 Å². The topological polar surface area (TPSA) is 77.1 Å². The Morgan fingerprint density at radius 3 is 2.18 bits per heavy atom. The number of nitrogens with one attached hydrogen (secondary N) is 1. The zero-order valence-corrected chi connectivity index (χ0v) is 21.2. The second-order valence-corrected chi connectivity index (χ2v) is 9.05. The number of nitrogens with zero attached hydrogens (tertiary/aromatic N) is 5. The molecule has 0 spiro atoms. The molecular weight excluding hydrogens is 517 g/mol. The van der Waals surface area contributed by atoms with Gasteiger partial charge in [-0.2, -0.15) is 13.2 Å². The van der Waals surface area contributed by atoms with Gasteiger partial charge in [-0.3, -0.25) is 4.98 Å². The van der Waals surface area contributed by atoms with Crippen LogP contribution in [-0.2, 0) is 19.1 Å². The molecule has 5 rings (SSSR count). The molecule has 0 bridgehead atoms. The molecule has 38 heavy (non-hydrogen) atoms. The van der Waals surface area contributed by atoms with Gasteiger partial charge in [-0.05, 0) is 41.3 Å².